The zero-order chi connectivity index (χ0) is 28.8. The molecule has 0 bridgehead atoms. The normalized spacial score (nSPS) is 17.5. The number of fused-ring (bicyclic) bond motifs is 1. The SMILES string of the molecule is Cc1ccccc1C(=O)Nc1ccc(C(=O)N2CCCC(NCCCN3CCOCC3)c3cc(Cl)ccc32)c(C)c1. The van der Waals surface area contributed by atoms with Crippen LogP contribution in [-0.4, -0.2) is 62.7 Å². The first-order valence-electron chi connectivity index (χ1n) is 14.5. The number of rotatable bonds is 8. The Balaban J connectivity index is 1.29. The molecule has 2 aliphatic rings. The number of carbonyl (C=O) groups excluding carboxylic acids is 2. The molecule has 1 atom stereocenters. The smallest absolute Gasteiger partial charge is 0.258 e. The Kier molecular flexibility index (Phi) is 9.72. The molecule has 0 aromatic heterocycles. The number of hydrogen-bond donors (Lipinski definition) is 2. The number of aryl methyl sites for hydroxylation is 2. The van der Waals surface area contributed by atoms with Crippen molar-refractivity contribution in [2.45, 2.75) is 39.2 Å². The summed E-state index contributed by atoms with van der Waals surface area (Å²) in [5.41, 5.74) is 5.62. The summed E-state index contributed by atoms with van der Waals surface area (Å²) in [4.78, 5) is 31.1. The van der Waals surface area contributed by atoms with Gasteiger partial charge in [0, 0.05) is 53.2 Å². The van der Waals surface area contributed by atoms with Crippen molar-refractivity contribution in [1.29, 1.82) is 0 Å². The molecular formula is C33H39ClN4O3. The number of hydrogen-bond acceptors (Lipinski definition) is 5. The minimum absolute atomic E-state index is 0.0455. The summed E-state index contributed by atoms with van der Waals surface area (Å²) in [6, 6.07) is 18.9. The molecule has 0 aliphatic carbocycles. The number of nitrogens with zero attached hydrogens (tertiary/aromatic N) is 2. The Morgan fingerprint density at radius 3 is 2.54 bits per heavy atom. The predicted molar refractivity (Wildman–Crippen MR) is 165 cm³/mol. The van der Waals surface area contributed by atoms with Gasteiger partial charge in [0.25, 0.3) is 11.8 Å². The molecule has 2 amide bonds. The summed E-state index contributed by atoms with van der Waals surface area (Å²) >= 11 is 6.46. The summed E-state index contributed by atoms with van der Waals surface area (Å²) in [6.45, 7) is 10.0. The molecule has 41 heavy (non-hydrogen) atoms. The Morgan fingerprint density at radius 2 is 1.76 bits per heavy atom. The Hall–Kier alpha value is -3.23. The average Bonchev–Trinajstić information content (AvgIpc) is 3.15. The van der Waals surface area contributed by atoms with Crippen LogP contribution in [0.3, 0.4) is 0 Å². The summed E-state index contributed by atoms with van der Waals surface area (Å²) < 4.78 is 5.46. The highest BCUT2D eigenvalue weighted by Crippen LogP contribution is 2.36. The van der Waals surface area contributed by atoms with Crippen LogP contribution in [0.25, 0.3) is 0 Å². The molecule has 1 fully saturated rings. The van der Waals surface area contributed by atoms with Crippen LogP contribution in [0.5, 0.6) is 0 Å². The minimum atomic E-state index is -0.164. The van der Waals surface area contributed by atoms with Gasteiger partial charge >= 0.3 is 0 Å². The zero-order valence-electron chi connectivity index (χ0n) is 23.9. The van der Waals surface area contributed by atoms with E-state index in [-0.39, 0.29) is 17.9 Å². The van der Waals surface area contributed by atoms with E-state index in [1.54, 1.807) is 6.07 Å². The topological polar surface area (TPSA) is 73.9 Å². The molecule has 2 heterocycles. The summed E-state index contributed by atoms with van der Waals surface area (Å²) in [5, 5.41) is 7.39. The number of amides is 2. The maximum atomic E-state index is 13.9. The second-order valence-corrected chi connectivity index (χ2v) is 11.4. The van der Waals surface area contributed by atoms with Crippen molar-refractivity contribution < 1.29 is 14.3 Å². The Bertz CT molecular complexity index is 1390. The van der Waals surface area contributed by atoms with Gasteiger partial charge in [-0.25, -0.2) is 0 Å². The van der Waals surface area contributed by atoms with E-state index in [0.717, 1.165) is 81.0 Å². The maximum absolute atomic E-state index is 13.9. The van der Waals surface area contributed by atoms with Gasteiger partial charge in [-0.2, -0.15) is 0 Å². The second-order valence-electron chi connectivity index (χ2n) is 10.9. The number of anilines is 2. The van der Waals surface area contributed by atoms with E-state index < -0.39 is 0 Å². The lowest BCUT2D eigenvalue weighted by Crippen LogP contribution is -2.38. The van der Waals surface area contributed by atoms with E-state index in [2.05, 4.69) is 15.5 Å². The van der Waals surface area contributed by atoms with E-state index in [0.29, 0.717) is 28.4 Å². The fourth-order valence-electron chi connectivity index (χ4n) is 5.76. The number of carbonyl (C=O) groups is 2. The lowest BCUT2D eigenvalue weighted by molar-refractivity contribution is 0.0374. The Morgan fingerprint density at radius 1 is 0.951 bits per heavy atom. The molecule has 7 nitrogen and oxygen atoms in total. The molecule has 2 N–H and O–H groups in total. The number of nitrogens with one attached hydrogen (secondary N) is 2. The van der Waals surface area contributed by atoms with E-state index >= 15 is 0 Å². The van der Waals surface area contributed by atoms with Crippen LogP contribution in [0.2, 0.25) is 5.02 Å². The molecule has 0 saturated carbocycles. The minimum Gasteiger partial charge on any atom is -0.379 e. The first kappa shape index (κ1) is 29.3. The molecule has 3 aromatic rings. The van der Waals surface area contributed by atoms with Gasteiger partial charge in [-0.3, -0.25) is 14.5 Å². The third-order valence-corrected chi connectivity index (χ3v) is 8.26. The monoisotopic (exact) mass is 574 g/mol. The van der Waals surface area contributed by atoms with Crippen molar-refractivity contribution in [2.75, 3.05) is 56.2 Å². The fraction of sp³-hybridized carbons (Fsp3) is 0.394. The largest absolute Gasteiger partial charge is 0.379 e. The first-order chi connectivity index (χ1) is 19.9. The van der Waals surface area contributed by atoms with Gasteiger partial charge in [-0.05, 0) is 105 Å². The van der Waals surface area contributed by atoms with Gasteiger partial charge in [0.1, 0.15) is 0 Å². The van der Waals surface area contributed by atoms with E-state index in [4.69, 9.17) is 16.3 Å². The molecule has 1 unspecified atom stereocenters. The van der Waals surface area contributed by atoms with E-state index in [9.17, 15) is 9.59 Å². The number of ether oxygens (including phenoxy) is 1. The van der Waals surface area contributed by atoms with Gasteiger partial charge in [0.15, 0.2) is 0 Å². The van der Waals surface area contributed by atoms with Crippen molar-refractivity contribution >= 4 is 34.8 Å². The molecule has 1 saturated heterocycles. The molecule has 5 rings (SSSR count). The highest BCUT2D eigenvalue weighted by Gasteiger charge is 2.28. The Labute approximate surface area is 247 Å². The lowest BCUT2D eigenvalue weighted by atomic mass is 10.0. The summed E-state index contributed by atoms with van der Waals surface area (Å²) in [7, 11) is 0. The van der Waals surface area contributed by atoms with Crippen LogP contribution in [-0.2, 0) is 4.74 Å². The van der Waals surface area contributed by atoms with Crippen molar-refractivity contribution in [2.24, 2.45) is 0 Å². The van der Waals surface area contributed by atoms with Crippen molar-refractivity contribution in [3.8, 4) is 0 Å². The molecule has 3 aromatic carbocycles. The van der Waals surface area contributed by atoms with Crippen LogP contribution < -0.4 is 15.5 Å². The third-order valence-electron chi connectivity index (χ3n) is 8.03. The number of morpholine rings is 1. The highest BCUT2D eigenvalue weighted by molar-refractivity contribution is 6.30. The van der Waals surface area contributed by atoms with Crippen LogP contribution >= 0.6 is 11.6 Å². The van der Waals surface area contributed by atoms with Crippen molar-refractivity contribution in [1.82, 2.24) is 10.2 Å². The molecule has 0 spiro atoms. The van der Waals surface area contributed by atoms with Gasteiger partial charge in [-0.15, -0.1) is 0 Å². The second kappa shape index (κ2) is 13.6. The van der Waals surface area contributed by atoms with Crippen LogP contribution in [0, 0.1) is 13.8 Å². The van der Waals surface area contributed by atoms with Crippen molar-refractivity contribution in [3.63, 3.8) is 0 Å². The first-order valence-corrected chi connectivity index (χ1v) is 14.9. The number of halogens is 1. The van der Waals surface area contributed by atoms with Gasteiger partial charge in [-0.1, -0.05) is 29.8 Å². The zero-order valence-corrected chi connectivity index (χ0v) is 24.7. The lowest BCUT2D eigenvalue weighted by Gasteiger charge is -2.27. The van der Waals surface area contributed by atoms with Crippen LogP contribution in [0.4, 0.5) is 11.4 Å². The van der Waals surface area contributed by atoms with Gasteiger partial charge in [0.2, 0.25) is 0 Å². The predicted octanol–water partition coefficient (Wildman–Crippen LogP) is 6.00. The highest BCUT2D eigenvalue weighted by atomic mass is 35.5. The third kappa shape index (κ3) is 7.16. The standard InChI is InChI=1S/C33H39ClN4O3/c1-23-7-3-4-8-27(23)32(39)36-26-11-12-28(24(2)21-26)33(40)38-16-5-9-30(29-22-25(34)10-13-31(29)38)35-14-6-15-37-17-19-41-20-18-37/h3-4,7-8,10-13,21-22,30,35H,5-6,9,14-20H2,1-2H3,(H,36,39). The average molecular weight is 575 g/mol. The summed E-state index contributed by atoms with van der Waals surface area (Å²) in [5.74, 6) is -0.209. The maximum Gasteiger partial charge on any atom is 0.258 e. The van der Waals surface area contributed by atoms with Crippen LogP contribution in [0.1, 0.15) is 62.7 Å². The van der Waals surface area contributed by atoms with Crippen molar-refractivity contribution in [3.05, 3.63) is 93.5 Å². The number of benzene rings is 3. The molecular weight excluding hydrogens is 536 g/mol. The molecule has 8 heteroatoms. The molecule has 216 valence electrons. The summed E-state index contributed by atoms with van der Waals surface area (Å²) in [6.07, 6.45) is 2.86. The quantitative estimate of drug-likeness (QED) is 0.323. The molecule has 0 radical (unpaired) electrons. The van der Waals surface area contributed by atoms with E-state index in [1.165, 1.54) is 0 Å². The van der Waals surface area contributed by atoms with Gasteiger partial charge in [0.05, 0.1) is 13.2 Å². The van der Waals surface area contributed by atoms with Gasteiger partial charge < -0.3 is 20.3 Å². The van der Waals surface area contributed by atoms with E-state index in [1.807, 2.05) is 73.3 Å². The molecule has 2 aliphatic heterocycles. The van der Waals surface area contributed by atoms with Crippen LogP contribution in [0.15, 0.2) is 60.7 Å². The fourth-order valence-corrected chi connectivity index (χ4v) is 5.94.